The van der Waals surface area contributed by atoms with Crippen LogP contribution < -0.4 is 10.6 Å². The smallest absolute Gasteiger partial charge is 0.237 e. The highest BCUT2D eigenvalue weighted by Gasteiger charge is 2.18. The van der Waals surface area contributed by atoms with Crippen LogP contribution in [0, 0.1) is 12.7 Å². The number of para-hydroxylation sites is 1. The Labute approximate surface area is 159 Å². The highest BCUT2D eigenvalue weighted by molar-refractivity contribution is 8.02. The van der Waals surface area contributed by atoms with Crippen LogP contribution in [0.4, 0.5) is 20.9 Å². The van der Waals surface area contributed by atoms with Gasteiger partial charge in [0, 0.05) is 5.69 Å². The van der Waals surface area contributed by atoms with E-state index >= 15 is 0 Å². The van der Waals surface area contributed by atoms with Crippen molar-refractivity contribution in [2.75, 3.05) is 10.6 Å². The van der Waals surface area contributed by atoms with Crippen LogP contribution >= 0.6 is 23.1 Å². The number of benzene rings is 2. The van der Waals surface area contributed by atoms with E-state index in [1.807, 2.05) is 31.2 Å². The molecule has 0 saturated heterocycles. The van der Waals surface area contributed by atoms with E-state index in [0.29, 0.717) is 9.47 Å². The number of halogens is 1. The first kappa shape index (κ1) is 18.3. The fraction of sp³-hybridized carbons (Fsp3) is 0.167. The number of nitrogens with one attached hydrogen (secondary N) is 2. The number of aryl methyl sites for hydroxylation is 1. The summed E-state index contributed by atoms with van der Waals surface area (Å²) in [7, 11) is 0. The molecule has 1 atom stereocenters. The summed E-state index contributed by atoms with van der Waals surface area (Å²) in [6.07, 6.45) is 0. The standard InChI is InChI=1S/C18H17FN4OS2/c1-11-6-5-7-13(10-11)20-17-22-23-18(26-17)25-12(2)16(24)21-15-9-4-3-8-14(15)19/h3-10,12H,1-2H3,(H,20,22)(H,21,24). The lowest BCUT2D eigenvalue weighted by molar-refractivity contribution is -0.115. The van der Waals surface area contributed by atoms with E-state index in [1.54, 1.807) is 19.1 Å². The number of carbonyl (C=O) groups is 1. The summed E-state index contributed by atoms with van der Waals surface area (Å²) in [6.45, 7) is 3.76. The number of amides is 1. The molecule has 1 aromatic heterocycles. The third-order valence-corrected chi connectivity index (χ3v) is 5.48. The Morgan fingerprint density at radius 3 is 2.77 bits per heavy atom. The maximum atomic E-state index is 13.6. The van der Waals surface area contributed by atoms with Gasteiger partial charge in [-0.3, -0.25) is 4.79 Å². The predicted octanol–water partition coefficient (Wildman–Crippen LogP) is 4.85. The van der Waals surface area contributed by atoms with Gasteiger partial charge in [-0.2, -0.15) is 0 Å². The number of anilines is 3. The number of hydrogen-bond acceptors (Lipinski definition) is 6. The maximum absolute atomic E-state index is 13.6. The van der Waals surface area contributed by atoms with Crippen molar-refractivity contribution in [2.24, 2.45) is 0 Å². The summed E-state index contributed by atoms with van der Waals surface area (Å²) < 4.78 is 14.3. The van der Waals surface area contributed by atoms with Crippen molar-refractivity contribution in [2.45, 2.75) is 23.4 Å². The Bertz CT molecular complexity index is 915. The van der Waals surface area contributed by atoms with Crippen molar-refractivity contribution in [1.82, 2.24) is 10.2 Å². The molecule has 0 saturated carbocycles. The molecule has 2 aromatic carbocycles. The number of thioether (sulfide) groups is 1. The van der Waals surface area contributed by atoms with Crippen LogP contribution in [0.3, 0.4) is 0 Å². The van der Waals surface area contributed by atoms with Crippen LogP contribution in [0.15, 0.2) is 52.9 Å². The lowest BCUT2D eigenvalue weighted by Gasteiger charge is -2.10. The zero-order chi connectivity index (χ0) is 18.5. The summed E-state index contributed by atoms with van der Waals surface area (Å²) in [4.78, 5) is 12.2. The van der Waals surface area contributed by atoms with Crippen molar-refractivity contribution >= 4 is 45.5 Å². The van der Waals surface area contributed by atoms with Gasteiger partial charge in [0.2, 0.25) is 11.0 Å². The average Bonchev–Trinajstić information content (AvgIpc) is 3.03. The Morgan fingerprint density at radius 1 is 1.19 bits per heavy atom. The van der Waals surface area contributed by atoms with Crippen molar-refractivity contribution in [1.29, 1.82) is 0 Å². The molecular weight excluding hydrogens is 371 g/mol. The minimum Gasteiger partial charge on any atom is -0.330 e. The quantitative estimate of drug-likeness (QED) is 0.591. The molecule has 8 heteroatoms. The van der Waals surface area contributed by atoms with Crippen LogP contribution in [-0.2, 0) is 4.79 Å². The topological polar surface area (TPSA) is 66.9 Å². The van der Waals surface area contributed by atoms with E-state index in [0.717, 1.165) is 11.3 Å². The molecule has 26 heavy (non-hydrogen) atoms. The number of hydrogen-bond donors (Lipinski definition) is 2. The van der Waals surface area contributed by atoms with E-state index in [1.165, 1.54) is 35.2 Å². The first-order valence-corrected chi connectivity index (χ1v) is 9.60. The van der Waals surface area contributed by atoms with Gasteiger partial charge in [-0.05, 0) is 43.7 Å². The van der Waals surface area contributed by atoms with E-state index in [2.05, 4.69) is 20.8 Å². The van der Waals surface area contributed by atoms with Gasteiger partial charge in [0.1, 0.15) is 5.82 Å². The first-order valence-electron chi connectivity index (χ1n) is 7.90. The Kier molecular flexibility index (Phi) is 5.85. The molecule has 0 aliphatic heterocycles. The van der Waals surface area contributed by atoms with Crippen LogP contribution in [-0.4, -0.2) is 21.4 Å². The molecule has 0 radical (unpaired) electrons. The molecule has 2 N–H and O–H groups in total. The minimum absolute atomic E-state index is 0.170. The van der Waals surface area contributed by atoms with Gasteiger partial charge in [-0.25, -0.2) is 4.39 Å². The number of carbonyl (C=O) groups excluding carboxylic acids is 1. The molecule has 0 bridgehead atoms. The number of aromatic nitrogens is 2. The van der Waals surface area contributed by atoms with Crippen molar-refractivity contribution in [3.63, 3.8) is 0 Å². The van der Waals surface area contributed by atoms with E-state index in [4.69, 9.17) is 0 Å². The molecule has 1 unspecified atom stereocenters. The molecule has 0 spiro atoms. The number of rotatable bonds is 6. The van der Waals surface area contributed by atoms with Gasteiger partial charge in [-0.15, -0.1) is 10.2 Å². The molecule has 0 fully saturated rings. The second kappa shape index (κ2) is 8.29. The molecule has 3 rings (SSSR count). The fourth-order valence-electron chi connectivity index (χ4n) is 2.16. The second-order valence-corrected chi connectivity index (χ2v) is 8.16. The van der Waals surface area contributed by atoms with Gasteiger partial charge in [0.05, 0.1) is 10.9 Å². The van der Waals surface area contributed by atoms with Crippen molar-refractivity contribution in [3.05, 3.63) is 59.9 Å². The molecule has 1 heterocycles. The monoisotopic (exact) mass is 388 g/mol. The highest BCUT2D eigenvalue weighted by Crippen LogP contribution is 2.31. The SMILES string of the molecule is Cc1cccc(Nc2nnc(SC(C)C(=O)Nc3ccccc3F)s2)c1. The summed E-state index contributed by atoms with van der Waals surface area (Å²) in [5.41, 5.74) is 2.25. The average molecular weight is 388 g/mol. The lowest BCUT2D eigenvalue weighted by atomic mass is 10.2. The zero-order valence-electron chi connectivity index (χ0n) is 14.2. The van der Waals surface area contributed by atoms with E-state index < -0.39 is 11.1 Å². The number of nitrogens with zero attached hydrogens (tertiary/aromatic N) is 2. The summed E-state index contributed by atoms with van der Waals surface area (Å²) >= 11 is 2.65. The summed E-state index contributed by atoms with van der Waals surface area (Å²) in [5, 5.41) is 14.2. The van der Waals surface area contributed by atoms with Gasteiger partial charge in [0.25, 0.3) is 0 Å². The second-order valence-electron chi connectivity index (χ2n) is 5.60. The fourth-order valence-corrected chi connectivity index (χ4v) is 4.07. The van der Waals surface area contributed by atoms with Gasteiger partial charge in [-0.1, -0.05) is 47.4 Å². The summed E-state index contributed by atoms with van der Waals surface area (Å²) in [6, 6.07) is 14.0. The van der Waals surface area contributed by atoms with Crippen molar-refractivity contribution in [3.8, 4) is 0 Å². The molecule has 0 aliphatic carbocycles. The molecule has 1 amide bonds. The largest absolute Gasteiger partial charge is 0.330 e. The predicted molar refractivity (Wildman–Crippen MR) is 105 cm³/mol. The maximum Gasteiger partial charge on any atom is 0.237 e. The molecule has 3 aromatic rings. The van der Waals surface area contributed by atoms with Crippen LogP contribution in [0.25, 0.3) is 0 Å². The van der Waals surface area contributed by atoms with Crippen LogP contribution in [0.1, 0.15) is 12.5 Å². The zero-order valence-corrected chi connectivity index (χ0v) is 15.8. The van der Waals surface area contributed by atoms with Crippen molar-refractivity contribution < 1.29 is 9.18 Å². The first-order chi connectivity index (χ1) is 12.5. The Morgan fingerprint density at radius 2 is 2.00 bits per heavy atom. The van der Waals surface area contributed by atoms with E-state index in [-0.39, 0.29) is 11.6 Å². The van der Waals surface area contributed by atoms with Crippen LogP contribution in [0.5, 0.6) is 0 Å². The minimum atomic E-state index is -0.460. The summed E-state index contributed by atoms with van der Waals surface area (Å²) in [5.74, 6) is -0.748. The van der Waals surface area contributed by atoms with Gasteiger partial charge in [0.15, 0.2) is 4.34 Å². The normalized spacial score (nSPS) is 11.8. The Balaban J connectivity index is 1.59. The van der Waals surface area contributed by atoms with Gasteiger partial charge < -0.3 is 10.6 Å². The molecule has 0 aliphatic rings. The third-order valence-electron chi connectivity index (χ3n) is 3.45. The molecular formula is C18H17FN4OS2. The molecule has 5 nitrogen and oxygen atoms in total. The highest BCUT2D eigenvalue weighted by atomic mass is 32.2. The van der Waals surface area contributed by atoms with Gasteiger partial charge >= 0.3 is 0 Å². The third kappa shape index (κ3) is 4.80. The van der Waals surface area contributed by atoms with E-state index in [9.17, 15) is 9.18 Å². The lowest BCUT2D eigenvalue weighted by Crippen LogP contribution is -2.22. The molecule has 134 valence electrons. The van der Waals surface area contributed by atoms with Crippen LogP contribution in [0.2, 0.25) is 0 Å². The Hall–Kier alpha value is -2.45.